The summed E-state index contributed by atoms with van der Waals surface area (Å²) in [6.07, 6.45) is 3.64. The third-order valence-corrected chi connectivity index (χ3v) is 5.67. The Morgan fingerprint density at radius 3 is 2.65 bits per heavy atom. The molecule has 1 atom stereocenters. The highest BCUT2D eigenvalue weighted by atomic mass is 35.5. The second-order valence-electron chi connectivity index (χ2n) is 7.13. The molecular weight excluding hydrogens is 352 g/mol. The number of likely N-dealkylation sites (tertiary alicyclic amines) is 2. The highest BCUT2D eigenvalue weighted by Crippen LogP contribution is 2.27. The number of amides is 1. The van der Waals surface area contributed by atoms with Gasteiger partial charge in [0, 0.05) is 42.2 Å². The van der Waals surface area contributed by atoms with Crippen LogP contribution in [0.1, 0.15) is 43.0 Å². The Kier molecular flexibility index (Phi) is 6.54. The quantitative estimate of drug-likeness (QED) is 0.746. The van der Waals surface area contributed by atoms with Crippen molar-refractivity contribution >= 4 is 23.5 Å². The number of halogens is 1. The Bertz CT molecular complexity index is 644. The normalized spacial score (nSPS) is 22.2. The number of nitrogens with zero attached hydrogens (tertiary/aromatic N) is 2. The first-order chi connectivity index (χ1) is 12.6. The fraction of sp³-hybridized carbons (Fsp3) is 0.600. The molecule has 2 heterocycles. The summed E-state index contributed by atoms with van der Waals surface area (Å²) < 4.78 is 5.09. The van der Waals surface area contributed by atoms with Crippen molar-refractivity contribution in [2.24, 2.45) is 5.92 Å². The summed E-state index contributed by atoms with van der Waals surface area (Å²) in [5.74, 6) is 0.228. The molecule has 1 aromatic rings. The van der Waals surface area contributed by atoms with Crippen LogP contribution in [0.4, 0.5) is 4.79 Å². The second kappa shape index (κ2) is 8.87. The van der Waals surface area contributed by atoms with Crippen molar-refractivity contribution in [1.29, 1.82) is 0 Å². The minimum absolute atomic E-state index is 0.0327. The van der Waals surface area contributed by atoms with E-state index < -0.39 is 0 Å². The number of Topliss-reactive ketones (excluding diaryl/α,β-unsaturated/α-hetero) is 1. The standard InChI is InChI=1S/C20H27ClN2O3/c1-2-26-20(25)22-11-8-18(9-12-22)23-10-4-6-16(14-23)19(24)15-5-3-7-17(21)13-15/h3,5,7,13,16,18H,2,4,6,8-12,14H2,1H3. The summed E-state index contributed by atoms with van der Waals surface area (Å²) >= 11 is 6.03. The molecule has 6 heteroatoms. The van der Waals surface area contributed by atoms with Crippen molar-refractivity contribution in [3.05, 3.63) is 34.9 Å². The third kappa shape index (κ3) is 4.57. The maximum Gasteiger partial charge on any atom is 0.409 e. The molecule has 1 unspecified atom stereocenters. The van der Waals surface area contributed by atoms with Gasteiger partial charge < -0.3 is 9.64 Å². The van der Waals surface area contributed by atoms with Crippen LogP contribution in [0.25, 0.3) is 0 Å². The zero-order chi connectivity index (χ0) is 18.5. The monoisotopic (exact) mass is 378 g/mol. The van der Waals surface area contributed by atoms with Crippen LogP contribution in [0.15, 0.2) is 24.3 Å². The summed E-state index contributed by atoms with van der Waals surface area (Å²) in [5.41, 5.74) is 0.710. The van der Waals surface area contributed by atoms with E-state index in [1.807, 2.05) is 19.1 Å². The molecule has 1 amide bonds. The van der Waals surface area contributed by atoms with Gasteiger partial charge in [-0.25, -0.2) is 4.79 Å². The van der Waals surface area contributed by atoms with E-state index in [4.69, 9.17) is 16.3 Å². The van der Waals surface area contributed by atoms with Crippen molar-refractivity contribution in [3.63, 3.8) is 0 Å². The van der Waals surface area contributed by atoms with Crippen LogP contribution in [0.2, 0.25) is 5.02 Å². The number of carbonyl (C=O) groups excluding carboxylic acids is 2. The molecule has 0 N–H and O–H groups in total. The summed E-state index contributed by atoms with van der Waals surface area (Å²) in [7, 11) is 0. The molecule has 2 saturated heterocycles. The average Bonchev–Trinajstić information content (AvgIpc) is 2.68. The van der Waals surface area contributed by atoms with E-state index in [1.165, 1.54) is 0 Å². The van der Waals surface area contributed by atoms with E-state index >= 15 is 0 Å². The Morgan fingerprint density at radius 1 is 1.19 bits per heavy atom. The lowest BCUT2D eigenvalue weighted by Crippen LogP contribution is -2.50. The smallest absolute Gasteiger partial charge is 0.409 e. The number of hydrogen-bond acceptors (Lipinski definition) is 4. The molecule has 26 heavy (non-hydrogen) atoms. The van der Waals surface area contributed by atoms with Gasteiger partial charge in [0.1, 0.15) is 0 Å². The first-order valence-electron chi connectivity index (χ1n) is 9.54. The Morgan fingerprint density at radius 2 is 1.96 bits per heavy atom. The molecule has 0 bridgehead atoms. The van der Waals surface area contributed by atoms with Gasteiger partial charge in [-0.15, -0.1) is 0 Å². The lowest BCUT2D eigenvalue weighted by molar-refractivity contribution is 0.0532. The molecule has 0 spiro atoms. The van der Waals surface area contributed by atoms with E-state index in [0.29, 0.717) is 23.2 Å². The Balaban J connectivity index is 1.56. The Hall–Kier alpha value is -1.59. The molecule has 0 radical (unpaired) electrons. The van der Waals surface area contributed by atoms with Gasteiger partial charge in [0.25, 0.3) is 0 Å². The van der Waals surface area contributed by atoms with Crippen LogP contribution >= 0.6 is 11.6 Å². The van der Waals surface area contributed by atoms with Gasteiger partial charge in [-0.1, -0.05) is 23.7 Å². The number of benzene rings is 1. The molecule has 0 aromatic heterocycles. The molecule has 2 aliphatic rings. The second-order valence-corrected chi connectivity index (χ2v) is 7.56. The van der Waals surface area contributed by atoms with Crippen molar-refractivity contribution in [1.82, 2.24) is 9.80 Å². The molecule has 0 aliphatic carbocycles. The Labute approximate surface area is 160 Å². The summed E-state index contributed by atoms with van der Waals surface area (Å²) in [4.78, 5) is 28.9. The summed E-state index contributed by atoms with van der Waals surface area (Å²) in [6.45, 7) is 5.53. The molecule has 1 aromatic carbocycles. The van der Waals surface area contributed by atoms with E-state index in [1.54, 1.807) is 17.0 Å². The van der Waals surface area contributed by atoms with Gasteiger partial charge in [0.15, 0.2) is 5.78 Å². The minimum atomic E-state index is -0.210. The number of piperidine rings is 2. The fourth-order valence-electron chi connectivity index (χ4n) is 4.06. The maximum absolute atomic E-state index is 12.8. The molecule has 5 nitrogen and oxygen atoms in total. The van der Waals surface area contributed by atoms with Gasteiger partial charge in [0.05, 0.1) is 6.61 Å². The summed E-state index contributed by atoms with van der Waals surface area (Å²) in [6, 6.07) is 7.69. The molecular formula is C20H27ClN2O3. The van der Waals surface area contributed by atoms with E-state index in [0.717, 1.165) is 51.9 Å². The largest absolute Gasteiger partial charge is 0.450 e. The van der Waals surface area contributed by atoms with Crippen molar-refractivity contribution in [3.8, 4) is 0 Å². The van der Waals surface area contributed by atoms with Crippen LogP contribution in [-0.4, -0.2) is 60.5 Å². The molecule has 0 saturated carbocycles. The minimum Gasteiger partial charge on any atom is -0.450 e. The lowest BCUT2D eigenvalue weighted by Gasteiger charge is -2.41. The highest BCUT2D eigenvalue weighted by molar-refractivity contribution is 6.31. The number of hydrogen-bond donors (Lipinski definition) is 0. The highest BCUT2D eigenvalue weighted by Gasteiger charge is 2.33. The SMILES string of the molecule is CCOC(=O)N1CCC(N2CCCC(C(=O)c3cccc(Cl)c3)C2)CC1. The molecule has 142 valence electrons. The average molecular weight is 379 g/mol. The zero-order valence-corrected chi connectivity index (χ0v) is 16.1. The molecule has 3 rings (SSSR count). The number of ketones is 1. The van der Waals surface area contributed by atoms with Crippen molar-refractivity contribution < 1.29 is 14.3 Å². The topological polar surface area (TPSA) is 49.9 Å². The van der Waals surface area contributed by atoms with E-state index in [9.17, 15) is 9.59 Å². The van der Waals surface area contributed by atoms with Crippen LogP contribution in [0.3, 0.4) is 0 Å². The number of rotatable bonds is 4. The summed E-state index contributed by atoms with van der Waals surface area (Å²) in [5, 5.41) is 0.606. The number of carbonyl (C=O) groups is 2. The van der Waals surface area contributed by atoms with Gasteiger partial charge in [0.2, 0.25) is 0 Å². The lowest BCUT2D eigenvalue weighted by atomic mass is 9.88. The number of ether oxygens (including phenoxy) is 1. The van der Waals surface area contributed by atoms with E-state index in [-0.39, 0.29) is 17.8 Å². The predicted octanol–water partition coefficient (Wildman–Crippen LogP) is 3.86. The first kappa shape index (κ1) is 19.2. The van der Waals surface area contributed by atoms with Crippen LogP contribution in [0.5, 0.6) is 0 Å². The van der Waals surface area contributed by atoms with Gasteiger partial charge in [-0.3, -0.25) is 9.69 Å². The predicted molar refractivity (Wildman–Crippen MR) is 102 cm³/mol. The maximum atomic E-state index is 12.8. The van der Waals surface area contributed by atoms with Crippen LogP contribution in [0, 0.1) is 5.92 Å². The fourth-order valence-corrected chi connectivity index (χ4v) is 4.25. The van der Waals surface area contributed by atoms with Crippen molar-refractivity contribution in [2.45, 2.75) is 38.6 Å². The van der Waals surface area contributed by atoms with E-state index in [2.05, 4.69) is 4.90 Å². The van der Waals surface area contributed by atoms with Gasteiger partial charge >= 0.3 is 6.09 Å². The zero-order valence-electron chi connectivity index (χ0n) is 15.3. The third-order valence-electron chi connectivity index (χ3n) is 5.44. The van der Waals surface area contributed by atoms with Crippen LogP contribution < -0.4 is 0 Å². The van der Waals surface area contributed by atoms with Gasteiger partial charge in [-0.05, 0) is 51.3 Å². The molecule has 2 aliphatic heterocycles. The van der Waals surface area contributed by atoms with Crippen molar-refractivity contribution in [2.75, 3.05) is 32.8 Å². The van der Waals surface area contributed by atoms with Crippen LogP contribution in [-0.2, 0) is 4.74 Å². The van der Waals surface area contributed by atoms with Gasteiger partial charge in [-0.2, -0.15) is 0 Å². The first-order valence-corrected chi connectivity index (χ1v) is 9.91. The molecule has 2 fully saturated rings.